The molecular weight excluding hydrogens is 419 g/mol. The second-order valence-electron chi connectivity index (χ2n) is 6.44. The van der Waals surface area contributed by atoms with Crippen LogP contribution in [0.25, 0.3) is 22.4 Å². The normalized spacial score (nSPS) is 11.0. The second-order valence-corrected chi connectivity index (χ2v) is 7.26. The number of aromatic nitrogens is 2. The van der Waals surface area contributed by atoms with Crippen LogP contribution in [0.15, 0.2) is 84.0 Å². The molecule has 1 amide bonds. The van der Waals surface area contributed by atoms with Gasteiger partial charge in [0.05, 0.1) is 22.0 Å². The third kappa shape index (κ3) is 4.43. The summed E-state index contributed by atoms with van der Waals surface area (Å²) in [5.41, 5.74) is 7.08. The molecule has 7 heteroatoms. The van der Waals surface area contributed by atoms with E-state index in [1.54, 1.807) is 24.3 Å². The van der Waals surface area contributed by atoms with E-state index >= 15 is 0 Å². The van der Waals surface area contributed by atoms with E-state index in [4.69, 9.17) is 23.2 Å². The van der Waals surface area contributed by atoms with Crippen LogP contribution in [0.5, 0.6) is 0 Å². The summed E-state index contributed by atoms with van der Waals surface area (Å²) in [6.45, 7) is 0. The molecule has 0 saturated carbocycles. The molecule has 4 rings (SSSR count). The van der Waals surface area contributed by atoms with Crippen molar-refractivity contribution in [2.75, 3.05) is 0 Å². The van der Waals surface area contributed by atoms with Crippen molar-refractivity contribution in [2.45, 2.75) is 0 Å². The Kier molecular flexibility index (Phi) is 5.93. The van der Waals surface area contributed by atoms with E-state index in [2.05, 4.69) is 32.9 Å². The van der Waals surface area contributed by atoms with Crippen LogP contribution in [0.3, 0.4) is 0 Å². The molecule has 148 valence electrons. The van der Waals surface area contributed by atoms with Crippen LogP contribution >= 0.6 is 23.2 Å². The van der Waals surface area contributed by atoms with Crippen LogP contribution in [0.2, 0.25) is 10.0 Å². The number of nitrogens with zero attached hydrogens (tertiary/aromatic N) is 2. The molecule has 2 N–H and O–H groups in total. The van der Waals surface area contributed by atoms with Crippen LogP contribution in [0.4, 0.5) is 0 Å². The van der Waals surface area contributed by atoms with Crippen molar-refractivity contribution < 1.29 is 4.79 Å². The van der Waals surface area contributed by atoms with Gasteiger partial charge in [0.15, 0.2) is 0 Å². The van der Waals surface area contributed by atoms with Gasteiger partial charge in [-0.25, -0.2) is 5.43 Å². The minimum Gasteiger partial charge on any atom is -0.272 e. The molecule has 0 aliphatic rings. The summed E-state index contributed by atoms with van der Waals surface area (Å²) >= 11 is 12.2. The Morgan fingerprint density at radius 1 is 0.867 bits per heavy atom. The lowest BCUT2D eigenvalue weighted by molar-refractivity contribution is 0.0950. The minimum atomic E-state index is -0.422. The molecule has 0 unspecified atom stereocenters. The second kappa shape index (κ2) is 8.95. The fourth-order valence-corrected chi connectivity index (χ4v) is 3.39. The Balaban J connectivity index is 1.45. The number of carbonyl (C=O) groups excluding carboxylic acids is 1. The number of carbonyl (C=O) groups is 1. The predicted octanol–water partition coefficient (Wildman–Crippen LogP) is 5.81. The van der Waals surface area contributed by atoms with Gasteiger partial charge >= 0.3 is 0 Å². The monoisotopic (exact) mass is 434 g/mol. The van der Waals surface area contributed by atoms with Gasteiger partial charge in [0.2, 0.25) is 0 Å². The number of amides is 1. The summed E-state index contributed by atoms with van der Waals surface area (Å²) in [5.74, 6) is -0.422. The number of hydrazone groups is 1. The number of halogens is 2. The largest absolute Gasteiger partial charge is 0.289 e. The third-order valence-corrected chi connectivity index (χ3v) is 5.13. The molecule has 0 spiro atoms. The molecule has 1 heterocycles. The van der Waals surface area contributed by atoms with Gasteiger partial charge in [0, 0.05) is 11.1 Å². The molecule has 0 bridgehead atoms. The van der Waals surface area contributed by atoms with Gasteiger partial charge in [0.1, 0.15) is 5.69 Å². The molecule has 30 heavy (non-hydrogen) atoms. The Bertz CT molecular complexity index is 1180. The molecule has 0 fully saturated rings. The fourth-order valence-electron chi connectivity index (χ4n) is 2.90. The van der Waals surface area contributed by atoms with Crippen molar-refractivity contribution in [3.05, 3.63) is 100 Å². The van der Waals surface area contributed by atoms with Crippen LogP contribution < -0.4 is 5.43 Å². The van der Waals surface area contributed by atoms with Crippen LogP contribution in [0, 0.1) is 0 Å². The molecule has 5 nitrogen and oxygen atoms in total. The molecular formula is C23H16Cl2N4O. The Hall–Kier alpha value is -3.41. The topological polar surface area (TPSA) is 70.1 Å². The predicted molar refractivity (Wildman–Crippen MR) is 121 cm³/mol. The Morgan fingerprint density at radius 2 is 1.50 bits per heavy atom. The van der Waals surface area contributed by atoms with E-state index in [9.17, 15) is 4.79 Å². The van der Waals surface area contributed by atoms with Crippen molar-refractivity contribution in [1.82, 2.24) is 15.6 Å². The van der Waals surface area contributed by atoms with Gasteiger partial charge in [0.25, 0.3) is 5.91 Å². The van der Waals surface area contributed by atoms with Crippen molar-refractivity contribution in [1.29, 1.82) is 0 Å². The molecule has 0 atom stereocenters. The van der Waals surface area contributed by atoms with E-state index in [1.165, 1.54) is 6.21 Å². The van der Waals surface area contributed by atoms with Gasteiger partial charge in [-0.1, -0.05) is 83.9 Å². The molecule has 1 aromatic heterocycles. The van der Waals surface area contributed by atoms with E-state index in [0.29, 0.717) is 27.0 Å². The number of H-pyrrole nitrogens is 1. The van der Waals surface area contributed by atoms with Gasteiger partial charge < -0.3 is 0 Å². The van der Waals surface area contributed by atoms with E-state index < -0.39 is 5.91 Å². The molecule has 3 aromatic carbocycles. The van der Waals surface area contributed by atoms with E-state index in [0.717, 1.165) is 16.7 Å². The zero-order valence-electron chi connectivity index (χ0n) is 15.6. The summed E-state index contributed by atoms with van der Waals surface area (Å²) < 4.78 is 0. The smallest absolute Gasteiger partial charge is 0.272 e. The first-order valence-corrected chi connectivity index (χ1v) is 9.86. The number of benzene rings is 3. The number of nitrogens with one attached hydrogen (secondary N) is 2. The maximum absolute atomic E-state index is 12.3. The lowest BCUT2D eigenvalue weighted by Gasteiger charge is -2.02. The van der Waals surface area contributed by atoms with Crippen LogP contribution in [0.1, 0.15) is 16.1 Å². The quantitative estimate of drug-likeness (QED) is 0.307. The van der Waals surface area contributed by atoms with Gasteiger partial charge in [-0.05, 0) is 29.3 Å². The van der Waals surface area contributed by atoms with Crippen molar-refractivity contribution in [3.63, 3.8) is 0 Å². The Morgan fingerprint density at radius 3 is 2.20 bits per heavy atom. The first kappa shape index (κ1) is 19.9. The fraction of sp³-hybridized carbons (Fsp3) is 0. The van der Waals surface area contributed by atoms with Crippen molar-refractivity contribution in [3.8, 4) is 22.4 Å². The maximum Gasteiger partial charge on any atom is 0.289 e. The van der Waals surface area contributed by atoms with Crippen LogP contribution in [-0.2, 0) is 0 Å². The zero-order chi connectivity index (χ0) is 20.9. The summed E-state index contributed by atoms with van der Waals surface area (Å²) in [4.78, 5) is 12.3. The Labute approximate surface area is 183 Å². The summed E-state index contributed by atoms with van der Waals surface area (Å²) in [5, 5.41) is 11.8. The molecule has 0 saturated heterocycles. The summed E-state index contributed by atoms with van der Waals surface area (Å²) in [6, 6.07) is 24.9. The highest BCUT2D eigenvalue weighted by Gasteiger charge is 2.11. The third-order valence-electron chi connectivity index (χ3n) is 4.47. The SMILES string of the molecule is O=C(N/N=C/c1c(Cl)cccc1Cl)c1cc(-c2ccc(-c3ccccc3)cc2)n[nH]1. The first-order chi connectivity index (χ1) is 14.6. The molecule has 4 aromatic rings. The summed E-state index contributed by atoms with van der Waals surface area (Å²) in [6.07, 6.45) is 1.40. The van der Waals surface area contributed by atoms with Gasteiger partial charge in [-0.15, -0.1) is 0 Å². The average molecular weight is 435 g/mol. The number of aromatic amines is 1. The van der Waals surface area contributed by atoms with E-state index in [1.807, 2.05) is 42.5 Å². The average Bonchev–Trinajstić information content (AvgIpc) is 3.27. The lowest BCUT2D eigenvalue weighted by atomic mass is 10.0. The highest BCUT2D eigenvalue weighted by atomic mass is 35.5. The maximum atomic E-state index is 12.3. The lowest BCUT2D eigenvalue weighted by Crippen LogP contribution is -2.18. The highest BCUT2D eigenvalue weighted by molar-refractivity contribution is 6.38. The highest BCUT2D eigenvalue weighted by Crippen LogP contribution is 2.24. The number of hydrogen-bond acceptors (Lipinski definition) is 3. The van der Waals surface area contributed by atoms with E-state index in [-0.39, 0.29) is 0 Å². The first-order valence-electron chi connectivity index (χ1n) is 9.10. The van der Waals surface area contributed by atoms with Crippen molar-refractivity contribution in [2.24, 2.45) is 5.10 Å². The molecule has 0 radical (unpaired) electrons. The molecule has 0 aliphatic carbocycles. The van der Waals surface area contributed by atoms with Crippen LogP contribution in [-0.4, -0.2) is 22.3 Å². The van der Waals surface area contributed by atoms with Gasteiger partial charge in [-0.3, -0.25) is 9.89 Å². The van der Waals surface area contributed by atoms with Gasteiger partial charge in [-0.2, -0.15) is 10.2 Å². The summed E-state index contributed by atoms with van der Waals surface area (Å²) in [7, 11) is 0. The number of hydrogen-bond donors (Lipinski definition) is 2. The van der Waals surface area contributed by atoms with Crippen molar-refractivity contribution >= 4 is 35.3 Å². The minimum absolute atomic E-state index is 0.291. The number of rotatable bonds is 5. The standard InChI is InChI=1S/C23H16Cl2N4O/c24-19-7-4-8-20(25)18(19)14-26-29-23(30)22-13-21(27-28-22)17-11-9-16(10-12-17)15-5-2-1-3-6-15/h1-14H,(H,27,28)(H,29,30)/b26-14+. The molecule has 0 aliphatic heterocycles. The zero-order valence-corrected chi connectivity index (χ0v) is 17.2.